The molecule has 0 bridgehead atoms. The van der Waals surface area contributed by atoms with Crippen LogP contribution in [0.4, 0.5) is 11.4 Å². The second-order valence-corrected chi connectivity index (χ2v) is 4.69. The van der Waals surface area contributed by atoms with Gasteiger partial charge in [-0.25, -0.2) is 0 Å². The van der Waals surface area contributed by atoms with Crippen LogP contribution >= 0.6 is 0 Å². The van der Waals surface area contributed by atoms with Gasteiger partial charge in [0.2, 0.25) is 0 Å². The van der Waals surface area contributed by atoms with Crippen LogP contribution in [-0.4, -0.2) is 24.5 Å². The van der Waals surface area contributed by atoms with Crippen LogP contribution in [0, 0.1) is 0 Å². The summed E-state index contributed by atoms with van der Waals surface area (Å²) < 4.78 is 0. The Morgan fingerprint density at radius 2 is 2.14 bits per heavy atom. The summed E-state index contributed by atoms with van der Waals surface area (Å²) in [6, 6.07) is 11.2. The molecule has 1 aromatic heterocycles. The number of carbonyl (C=O) groups excluding carboxylic acids is 1. The van der Waals surface area contributed by atoms with Crippen LogP contribution < -0.4 is 16.0 Å². The molecule has 0 spiro atoms. The number of benzene rings is 1. The highest BCUT2D eigenvalue weighted by Crippen LogP contribution is 2.25. The normalized spacial score (nSPS) is 10.2. The zero-order valence-electron chi connectivity index (χ0n) is 12.3. The highest BCUT2D eigenvalue weighted by molar-refractivity contribution is 5.96. The van der Waals surface area contributed by atoms with Gasteiger partial charge in [0.25, 0.3) is 5.91 Å². The van der Waals surface area contributed by atoms with Gasteiger partial charge in [-0.1, -0.05) is 6.07 Å². The maximum atomic E-state index is 11.6. The molecule has 3 N–H and O–H groups in total. The summed E-state index contributed by atoms with van der Waals surface area (Å²) in [5.41, 5.74) is 9.15. The van der Waals surface area contributed by atoms with Gasteiger partial charge < -0.3 is 16.0 Å². The summed E-state index contributed by atoms with van der Waals surface area (Å²) in [5.74, 6) is -0.138. The van der Waals surface area contributed by atoms with Gasteiger partial charge >= 0.3 is 0 Å². The number of hydrogen-bond acceptors (Lipinski definition) is 4. The Kier molecular flexibility index (Phi) is 4.77. The van der Waals surface area contributed by atoms with Crippen LogP contribution in [0.3, 0.4) is 0 Å². The first-order valence-electron chi connectivity index (χ1n) is 6.92. The quantitative estimate of drug-likeness (QED) is 0.824. The zero-order chi connectivity index (χ0) is 15.2. The minimum Gasteiger partial charge on any atom is -0.397 e. The maximum Gasteiger partial charge on any atom is 0.251 e. The van der Waals surface area contributed by atoms with Crippen molar-refractivity contribution in [3.05, 3.63) is 53.9 Å². The molecule has 0 saturated heterocycles. The van der Waals surface area contributed by atoms with Gasteiger partial charge in [0, 0.05) is 25.4 Å². The van der Waals surface area contributed by atoms with Gasteiger partial charge in [-0.3, -0.25) is 9.78 Å². The van der Waals surface area contributed by atoms with Crippen molar-refractivity contribution < 1.29 is 4.79 Å². The number of pyridine rings is 1. The van der Waals surface area contributed by atoms with Crippen molar-refractivity contribution in [2.24, 2.45) is 0 Å². The molecule has 110 valence electrons. The van der Waals surface area contributed by atoms with Gasteiger partial charge in [0.05, 0.1) is 23.6 Å². The lowest BCUT2D eigenvalue weighted by molar-refractivity contribution is 0.0963. The molecule has 1 aromatic carbocycles. The second kappa shape index (κ2) is 6.74. The summed E-state index contributed by atoms with van der Waals surface area (Å²) in [6.45, 7) is 3.55. The fourth-order valence-electron chi connectivity index (χ4n) is 2.18. The van der Waals surface area contributed by atoms with Crippen molar-refractivity contribution in [2.75, 3.05) is 24.2 Å². The lowest BCUT2D eigenvalue weighted by Crippen LogP contribution is -2.24. The monoisotopic (exact) mass is 284 g/mol. The van der Waals surface area contributed by atoms with Gasteiger partial charge in [0.1, 0.15) is 0 Å². The third-order valence-electron chi connectivity index (χ3n) is 3.32. The molecule has 1 heterocycles. The van der Waals surface area contributed by atoms with Crippen LogP contribution in [0.5, 0.6) is 0 Å². The Labute approximate surface area is 124 Å². The number of nitrogen functional groups attached to an aromatic ring is 1. The largest absolute Gasteiger partial charge is 0.397 e. The molecule has 0 aliphatic carbocycles. The van der Waals surface area contributed by atoms with E-state index >= 15 is 0 Å². The van der Waals surface area contributed by atoms with E-state index < -0.39 is 0 Å². The topological polar surface area (TPSA) is 71.2 Å². The Morgan fingerprint density at radius 1 is 1.33 bits per heavy atom. The highest BCUT2D eigenvalue weighted by atomic mass is 16.1. The first kappa shape index (κ1) is 14.8. The average Bonchev–Trinajstić information content (AvgIpc) is 2.53. The molecule has 2 aromatic rings. The number of rotatable bonds is 5. The molecule has 0 fully saturated rings. The fourth-order valence-corrected chi connectivity index (χ4v) is 2.18. The van der Waals surface area contributed by atoms with E-state index in [1.165, 1.54) is 0 Å². The average molecular weight is 284 g/mol. The van der Waals surface area contributed by atoms with Crippen molar-refractivity contribution >= 4 is 17.3 Å². The number of nitrogens with zero attached hydrogens (tertiary/aromatic N) is 2. The highest BCUT2D eigenvalue weighted by Gasteiger charge is 2.12. The van der Waals surface area contributed by atoms with Crippen LogP contribution in [0.25, 0.3) is 0 Å². The predicted octanol–water partition coefficient (Wildman–Crippen LogP) is 2.05. The third kappa shape index (κ3) is 3.51. The van der Waals surface area contributed by atoms with E-state index in [9.17, 15) is 4.79 Å². The van der Waals surface area contributed by atoms with E-state index in [1.54, 1.807) is 25.4 Å². The standard InChI is InChI=1S/C16H20N4O/c1-3-20(11-13-6-4-5-9-19-13)15-8-7-12(10-14(15)17)16(21)18-2/h4-10H,3,11,17H2,1-2H3,(H,18,21). The molecule has 0 atom stereocenters. The fraction of sp³-hybridized carbons (Fsp3) is 0.250. The van der Waals surface area contributed by atoms with Crippen LogP contribution in [0.1, 0.15) is 23.0 Å². The minimum atomic E-state index is -0.138. The summed E-state index contributed by atoms with van der Waals surface area (Å²) >= 11 is 0. The first-order valence-corrected chi connectivity index (χ1v) is 6.92. The number of anilines is 2. The summed E-state index contributed by atoms with van der Waals surface area (Å²) in [5, 5.41) is 2.59. The van der Waals surface area contributed by atoms with Gasteiger partial charge in [0.15, 0.2) is 0 Å². The lowest BCUT2D eigenvalue weighted by Gasteiger charge is -2.24. The molecule has 5 heteroatoms. The summed E-state index contributed by atoms with van der Waals surface area (Å²) in [4.78, 5) is 18.1. The molecule has 2 rings (SSSR count). The Bertz CT molecular complexity index is 613. The van der Waals surface area contributed by atoms with Crippen molar-refractivity contribution in [1.29, 1.82) is 0 Å². The van der Waals surface area contributed by atoms with E-state index in [0.717, 1.165) is 17.9 Å². The van der Waals surface area contributed by atoms with Crippen LogP contribution in [0.15, 0.2) is 42.6 Å². The van der Waals surface area contributed by atoms with E-state index in [4.69, 9.17) is 5.73 Å². The second-order valence-electron chi connectivity index (χ2n) is 4.69. The number of nitrogens with two attached hydrogens (primary N) is 1. The molecule has 21 heavy (non-hydrogen) atoms. The molecule has 0 unspecified atom stereocenters. The van der Waals surface area contributed by atoms with Crippen molar-refractivity contribution in [3.63, 3.8) is 0 Å². The molecule has 0 saturated carbocycles. The third-order valence-corrected chi connectivity index (χ3v) is 3.32. The molecular formula is C16H20N4O. The Morgan fingerprint density at radius 3 is 2.71 bits per heavy atom. The predicted molar refractivity (Wildman–Crippen MR) is 85.2 cm³/mol. The Hall–Kier alpha value is -2.56. The number of carbonyl (C=O) groups is 1. The molecular weight excluding hydrogens is 264 g/mol. The molecule has 0 aliphatic heterocycles. The van der Waals surface area contributed by atoms with E-state index in [-0.39, 0.29) is 5.91 Å². The number of amides is 1. The first-order chi connectivity index (χ1) is 10.2. The summed E-state index contributed by atoms with van der Waals surface area (Å²) in [7, 11) is 1.60. The maximum absolute atomic E-state index is 11.6. The van der Waals surface area contributed by atoms with Crippen molar-refractivity contribution in [3.8, 4) is 0 Å². The van der Waals surface area contributed by atoms with Gasteiger partial charge in [-0.15, -0.1) is 0 Å². The zero-order valence-corrected chi connectivity index (χ0v) is 12.3. The van der Waals surface area contributed by atoms with Crippen LogP contribution in [-0.2, 0) is 6.54 Å². The smallest absolute Gasteiger partial charge is 0.251 e. The Balaban J connectivity index is 2.24. The molecule has 5 nitrogen and oxygen atoms in total. The number of nitrogens with one attached hydrogen (secondary N) is 1. The number of hydrogen-bond donors (Lipinski definition) is 2. The van der Waals surface area contributed by atoms with E-state index in [0.29, 0.717) is 17.8 Å². The number of aromatic nitrogens is 1. The van der Waals surface area contributed by atoms with Crippen LogP contribution in [0.2, 0.25) is 0 Å². The van der Waals surface area contributed by atoms with Crippen molar-refractivity contribution in [2.45, 2.75) is 13.5 Å². The van der Waals surface area contributed by atoms with E-state index in [2.05, 4.69) is 22.1 Å². The molecule has 0 radical (unpaired) electrons. The minimum absolute atomic E-state index is 0.138. The molecule has 1 amide bonds. The van der Waals surface area contributed by atoms with E-state index in [1.807, 2.05) is 24.3 Å². The van der Waals surface area contributed by atoms with Gasteiger partial charge in [-0.05, 0) is 37.3 Å². The molecule has 0 aliphatic rings. The summed E-state index contributed by atoms with van der Waals surface area (Å²) in [6.07, 6.45) is 1.78. The van der Waals surface area contributed by atoms with Gasteiger partial charge in [-0.2, -0.15) is 0 Å². The van der Waals surface area contributed by atoms with Crippen molar-refractivity contribution in [1.82, 2.24) is 10.3 Å². The lowest BCUT2D eigenvalue weighted by atomic mass is 10.1. The SMILES string of the molecule is CCN(Cc1ccccn1)c1ccc(C(=O)NC)cc1N.